The third-order valence-electron chi connectivity index (χ3n) is 4.28. The molecule has 0 aliphatic carbocycles. The first-order valence-corrected chi connectivity index (χ1v) is 9.14. The highest BCUT2D eigenvalue weighted by Gasteiger charge is 2.24. The lowest BCUT2D eigenvalue weighted by atomic mass is 9.98. The molecule has 1 atom stereocenters. The molecule has 3 rings (SSSR count). The summed E-state index contributed by atoms with van der Waals surface area (Å²) in [6.07, 6.45) is 10.2. The molecule has 0 radical (unpaired) electrons. The molecule has 1 aliphatic rings. The minimum Gasteiger partial charge on any atom is -0.298 e. The average molecular weight is 366 g/mol. The maximum atomic E-state index is 12.1. The normalized spacial score (nSPS) is 17.8. The summed E-state index contributed by atoms with van der Waals surface area (Å²) in [5.74, 6) is -0.249. The van der Waals surface area contributed by atoms with E-state index in [2.05, 4.69) is 26.8 Å². The maximum Gasteiger partial charge on any atom is 0.250 e. The van der Waals surface area contributed by atoms with Crippen molar-refractivity contribution in [3.05, 3.63) is 72.1 Å². The molecule has 6 heteroatoms. The number of benzene rings is 1. The smallest absolute Gasteiger partial charge is 0.250 e. The van der Waals surface area contributed by atoms with Crippen molar-refractivity contribution in [1.82, 2.24) is 20.7 Å². The molecule has 1 amide bonds. The van der Waals surface area contributed by atoms with E-state index in [-0.39, 0.29) is 11.9 Å². The van der Waals surface area contributed by atoms with Crippen LogP contribution in [0.25, 0.3) is 6.08 Å². The van der Waals surface area contributed by atoms with Gasteiger partial charge in [0.25, 0.3) is 0 Å². The number of carbonyl (C=O) groups excluding carboxylic acids is 1. The number of pyridine rings is 1. The molecule has 1 aliphatic heterocycles. The Labute approximate surface area is 159 Å². The summed E-state index contributed by atoms with van der Waals surface area (Å²) >= 11 is 5.31. The van der Waals surface area contributed by atoms with Crippen LogP contribution < -0.4 is 10.7 Å². The van der Waals surface area contributed by atoms with Crippen molar-refractivity contribution >= 4 is 29.3 Å². The summed E-state index contributed by atoms with van der Waals surface area (Å²) in [6, 6.07) is 13.9. The zero-order valence-electron chi connectivity index (χ0n) is 14.5. The fourth-order valence-corrected chi connectivity index (χ4v) is 3.25. The number of hydrogen-bond donors (Lipinski definition) is 2. The number of piperidine rings is 1. The van der Waals surface area contributed by atoms with Gasteiger partial charge in [0.1, 0.15) is 0 Å². The highest BCUT2D eigenvalue weighted by Crippen LogP contribution is 2.28. The number of aromatic nitrogens is 1. The predicted octanol–water partition coefficient (Wildman–Crippen LogP) is 3.23. The summed E-state index contributed by atoms with van der Waals surface area (Å²) in [7, 11) is 0. The largest absolute Gasteiger partial charge is 0.298 e. The molecule has 2 heterocycles. The van der Waals surface area contributed by atoms with E-state index in [1.54, 1.807) is 12.3 Å². The van der Waals surface area contributed by atoms with Gasteiger partial charge in [-0.25, -0.2) is 5.01 Å². The van der Waals surface area contributed by atoms with Gasteiger partial charge in [0.2, 0.25) is 5.91 Å². The third-order valence-corrected chi connectivity index (χ3v) is 4.47. The molecule has 0 saturated carbocycles. The SMILES string of the molecule is O=C(/C=C/c1ccccc1)NC(=S)NN1CCCC[C@H]1c1cccnc1. The summed E-state index contributed by atoms with van der Waals surface area (Å²) in [5.41, 5.74) is 5.29. The predicted molar refractivity (Wildman–Crippen MR) is 107 cm³/mol. The van der Waals surface area contributed by atoms with Gasteiger partial charge in [0.15, 0.2) is 5.11 Å². The fraction of sp³-hybridized carbons (Fsp3) is 0.250. The van der Waals surface area contributed by atoms with Gasteiger partial charge in [0, 0.05) is 25.0 Å². The molecule has 0 unspecified atom stereocenters. The van der Waals surface area contributed by atoms with Crippen LogP contribution in [0, 0.1) is 0 Å². The summed E-state index contributed by atoms with van der Waals surface area (Å²) in [4.78, 5) is 16.3. The molecule has 2 aromatic rings. The zero-order valence-corrected chi connectivity index (χ0v) is 15.3. The lowest BCUT2D eigenvalue weighted by molar-refractivity contribution is -0.115. The Kier molecular flexibility index (Phi) is 6.46. The number of nitrogens with one attached hydrogen (secondary N) is 2. The molecular weight excluding hydrogens is 344 g/mol. The molecule has 1 aromatic heterocycles. The molecule has 134 valence electrons. The van der Waals surface area contributed by atoms with Crippen LogP contribution in [0.15, 0.2) is 60.9 Å². The van der Waals surface area contributed by atoms with E-state index in [1.807, 2.05) is 42.6 Å². The van der Waals surface area contributed by atoms with Crippen LogP contribution in [0.1, 0.15) is 36.4 Å². The maximum absolute atomic E-state index is 12.1. The van der Waals surface area contributed by atoms with Crippen LogP contribution in [-0.2, 0) is 4.79 Å². The first-order valence-electron chi connectivity index (χ1n) is 8.73. The Bertz CT molecular complexity index is 764. The number of carbonyl (C=O) groups is 1. The molecule has 0 bridgehead atoms. The summed E-state index contributed by atoms with van der Waals surface area (Å²) in [5, 5.41) is 5.10. The van der Waals surface area contributed by atoms with Gasteiger partial charge in [-0.15, -0.1) is 0 Å². The van der Waals surface area contributed by atoms with Crippen LogP contribution >= 0.6 is 12.2 Å². The lowest BCUT2D eigenvalue weighted by Gasteiger charge is -2.36. The van der Waals surface area contributed by atoms with E-state index >= 15 is 0 Å². The quantitative estimate of drug-likeness (QED) is 0.643. The Morgan fingerprint density at radius 2 is 2.04 bits per heavy atom. The van der Waals surface area contributed by atoms with E-state index in [1.165, 1.54) is 6.08 Å². The standard InChI is InChI=1S/C20H22N4OS/c25-19(12-11-16-7-2-1-3-8-16)22-20(26)23-24-14-5-4-10-18(24)17-9-6-13-21-15-17/h1-3,6-9,11-13,15,18H,4-5,10,14H2,(H2,22,23,25,26)/b12-11+/t18-/m0/s1. The summed E-state index contributed by atoms with van der Waals surface area (Å²) in [6.45, 7) is 0.870. The van der Waals surface area contributed by atoms with Gasteiger partial charge in [-0.1, -0.05) is 42.8 Å². The minimum atomic E-state index is -0.249. The highest BCUT2D eigenvalue weighted by molar-refractivity contribution is 7.80. The molecule has 5 nitrogen and oxygen atoms in total. The van der Waals surface area contributed by atoms with Crippen LogP contribution in [0.2, 0.25) is 0 Å². The fourth-order valence-electron chi connectivity index (χ4n) is 3.03. The van der Waals surface area contributed by atoms with Crippen molar-refractivity contribution in [2.75, 3.05) is 6.54 Å². The van der Waals surface area contributed by atoms with Crippen LogP contribution in [-0.4, -0.2) is 27.6 Å². The van der Waals surface area contributed by atoms with Gasteiger partial charge < -0.3 is 0 Å². The van der Waals surface area contributed by atoms with Crippen molar-refractivity contribution in [2.24, 2.45) is 0 Å². The molecule has 1 aromatic carbocycles. The van der Waals surface area contributed by atoms with Crippen LogP contribution in [0.3, 0.4) is 0 Å². The van der Waals surface area contributed by atoms with E-state index < -0.39 is 0 Å². The average Bonchev–Trinajstić information content (AvgIpc) is 2.68. The molecule has 26 heavy (non-hydrogen) atoms. The number of hydrazine groups is 1. The number of amides is 1. The van der Waals surface area contributed by atoms with Gasteiger partial charge in [-0.3, -0.25) is 20.5 Å². The monoisotopic (exact) mass is 366 g/mol. The lowest BCUT2D eigenvalue weighted by Crippen LogP contribution is -2.51. The zero-order chi connectivity index (χ0) is 18.2. The molecule has 1 saturated heterocycles. The highest BCUT2D eigenvalue weighted by atomic mass is 32.1. The van der Waals surface area contributed by atoms with Crippen LogP contribution in [0.4, 0.5) is 0 Å². The minimum absolute atomic E-state index is 0.201. The molecular formula is C20H22N4OS. The number of rotatable bonds is 4. The second kappa shape index (κ2) is 9.22. The van der Waals surface area contributed by atoms with Gasteiger partial charge in [0.05, 0.1) is 6.04 Å². The van der Waals surface area contributed by atoms with Crippen molar-refractivity contribution in [3.8, 4) is 0 Å². The Morgan fingerprint density at radius 1 is 1.19 bits per heavy atom. The third kappa shape index (κ3) is 5.21. The summed E-state index contributed by atoms with van der Waals surface area (Å²) < 4.78 is 0. The Hall–Kier alpha value is -2.57. The Morgan fingerprint density at radius 3 is 2.81 bits per heavy atom. The van der Waals surface area contributed by atoms with E-state index in [0.29, 0.717) is 5.11 Å². The Balaban J connectivity index is 1.56. The van der Waals surface area contributed by atoms with Crippen molar-refractivity contribution in [1.29, 1.82) is 0 Å². The van der Waals surface area contributed by atoms with Crippen LogP contribution in [0.5, 0.6) is 0 Å². The second-order valence-corrected chi connectivity index (χ2v) is 6.57. The van der Waals surface area contributed by atoms with Crippen molar-refractivity contribution < 1.29 is 4.79 Å². The first-order chi connectivity index (χ1) is 12.7. The van der Waals surface area contributed by atoms with Gasteiger partial charge >= 0.3 is 0 Å². The van der Waals surface area contributed by atoms with Gasteiger partial charge in [-0.05, 0) is 48.3 Å². The second-order valence-electron chi connectivity index (χ2n) is 6.17. The van der Waals surface area contributed by atoms with Crippen molar-refractivity contribution in [2.45, 2.75) is 25.3 Å². The molecule has 0 spiro atoms. The van der Waals surface area contributed by atoms with Crippen molar-refractivity contribution in [3.63, 3.8) is 0 Å². The first kappa shape index (κ1) is 18.2. The van der Waals surface area contributed by atoms with E-state index in [4.69, 9.17) is 12.2 Å². The number of hydrogen-bond acceptors (Lipinski definition) is 4. The van der Waals surface area contributed by atoms with E-state index in [9.17, 15) is 4.79 Å². The van der Waals surface area contributed by atoms with Gasteiger partial charge in [-0.2, -0.15) is 0 Å². The topological polar surface area (TPSA) is 57.3 Å². The number of thiocarbonyl (C=S) groups is 1. The number of nitrogens with zero attached hydrogens (tertiary/aromatic N) is 2. The molecule has 1 fully saturated rings. The van der Waals surface area contributed by atoms with E-state index in [0.717, 1.165) is 36.9 Å². The molecule has 2 N–H and O–H groups in total.